The number of fused-ring (bicyclic) bond motifs is 1. The molecule has 2 aliphatic rings. The molecule has 1 aliphatic heterocycles. The molecular formula is C46H71N7O8. The molecule has 15 nitrogen and oxygen atoms in total. The third-order valence-electron chi connectivity index (χ3n) is 11.9. The number of carboxylic acid groups (broad SMARTS) is 1. The standard InChI is InChI=1S/C46H71N7O8/c1-6-41(47)50-25-14-20-34(39(54)23-13-11-19-36(48-5)44(58)59)51-42(56)31(27-32-29-53(45(60)61-46(2,3)4)38-22-12-10-18-33(32)38)28-40(55)37(26-30-16-8-7-9-17-30)52-43(57)35-21-15-24-49-35/h10,12,18,22,29-31,34-37,48-49H,6-9,11,13-17,19-21,23-28H2,1-5H3,(H2,47,50)(H,51,56)(H,52,57)(H,58,59)/t31-,34+,35?,36+,37+/m1/s1. The second-order valence-electron chi connectivity index (χ2n) is 17.9. The van der Waals surface area contributed by atoms with E-state index in [1.54, 1.807) is 40.1 Å². The van der Waals surface area contributed by atoms with E-state index in [-0.39, 0.29) is 55.1 Å². The van der Waals surface area contributed by atoms with Crippen LogP contribution in [0.2, 0.25) is 0 Å². The molecule has 0 spiro atoms. The van der Waals surface area contributed by atoms with Crippen LogP contribution in [0.4, 0.5) is 4.79 Å². The molecule has 1 aliphatic carbocycles. The number of benzene rings is 1. The number of ether oxygens (including phenoxy) is 1. The highest BCUT2D eigenvalue weighted by Gasteiger charge is 2.34. The lowest BCUT2D eigenvalue weighted by molar-refractivity contribution is -0.139. The number of aliphatic carboxylic acids is 1. The highest BCUT2D eigenvalue weighted by atomic mass is 16.6. The lowest BCUT2D eigenvalue weighted by Crippen LogP contribution is -2.50. The molecule has 2 heterocycles. The van der Waals surface area contributed by atoms with Crippen molar-refractivity contribution in [2.24, 2.45) is 22.6 Å². The maximum absolute atomic E-state index is 14.7. The Morgan fingerprint density at radius 2 is 1.66 bits per heavy atom. The summed E-state index contributed by atoms with van der Waals surface area (Å²) in [4.78, 5) is 86.0. The van der Waals surface area contributed by atoms with Gasteiger partial charge in [-0.15, -0.1) is 0 Å². The van der Waals surface area contributed by atoms with Crippen LogP contribution in [0.1, 0.15) is 136 Å². The van der Waals surface area contributed by atoms with Crippen molar-refractivity contribution in [1.29, 1.82) is 0 Å². The summed E-state index contributed by atoms with van der Waals surface area (Å²) in [6.45, 7) is 8.35. The Bertz CT molecular complexity index is 1820. The smallest absolute Gasteiger partial charge is 0.419 e. The van der Waals surface area contributed by atoms with Crippen molar-refractivity contribution in [2.45, 2.75) is 167 Å². The van der Waals surface area contributed by atoms with Gasteiger partial charge in [0.2, 0.25) is 11.8 Å². The van der Waals surface area contributed by atoms with E-state index in [4.69, 9.17) is 10.5 Å². The van der Waals surface area contributed by atoms with Crippen molar-refractivity contribution in [1.82, 2.24) is 25.8 Å². The first kappa shape index (κ1) is 49.0. The summed E-state index contributed by atoms with van der Waals surface area (Å²) < 4.78 is 7.14. The highest BCUT2D eigenvalue weighted by molar-refractivity contribution is 5.96. The SMILES string of the molecule is CCC(N)=NCCC[C@H](NC(=O)[C@@H](CC(=O)[C@H](CC1CCCCC1)NC(=O)C1CCCN1)Cc1cn(C(=O)OC(C)(C)C)c2ccccc12)C(=O)CCCC[C@H](NC)C(=O)O. The van der Waals surface area contributed by atoms with Crippen molar-refractivity contribution in [3.63, 3.8) is 0 Å². The second-order valence-corrected chi connectivity index (χ2v) is 17.9. The van der Waals surface area contributed by atoms with Crippen LogP contribution in [0.25, 0.3) is 10.9 Å². The van der Waals surface area contributed by atoms with Gasteiger partial charge in [-0.1, -0.05) is 63.6 Å². The van der Waals surface area contributed by atoms with Crippen LogP contribution in [0.5, 0.6) is 0 Å². The number of para-hydroxylation sites is 1. The van der Waals surface area contributed by atoms with E-state index in [1.165, 1.54) is 4.57 Å². The number of likely N-dealkylation sites (N-methyl/N-ethyl adjacent to an activating group) is 1. The van der Waals surface area contributed by atoms with Crippen LogP contribution in [0.3, 0.4) is 0 Å². The minimum Gasteiger partial charge on any atom is -0.480 e. The molecule has 1 aromatic heterocycles. The van der Waals surface area contributed by atoms with Gasteiger partial charge in [0.1, 0.15) is 11.6 Å². The zero-order valence-electron chi connectivity index (χ0n) is 37.1. The van der Waals surface area contributed by atoms with E-state index < -0.39 is 47.6 Å². The molecule has 2 amide bonds. The maximum atomic E-state index is 14.7. The van der Waals surface area contributed by atoms with Gasteiger partial charge in [-0.25, -0.2) is 4.79 Å². The summed E-state index contributed by atoms with van der Waals surface area (Å²) in [5, 5.41) is 22.2. The van der Waals surface area contributed by atoms with E-state index in [2.05, 4.69) is 26.3 Å². The number of unbranched alkanes of at least 4 members (excludes halogenated alkanes) is 1. The molecule has 61 heavy (non-hydrogen) atoms. The van der Waals surface area contributed by atoms with Gasteiger partial charge in [0.25, 0.3) is 0 Å². The van der Waals surface area contributed by atoms with Gasteiger partial charge in [0.15, 0.2) is 11.6 Å². The van der Waals surface area contributed by atoms with Crippen LogP contribution >= 0.6 is 0 Å². The van der Waals surface area contributed by atoms with E-state index in [0.717, 1.165) is 50.5 Å². The number of carbonyl (C=O) groups excluding carboxylic acids is 5. The summed E-state index contributed by atoms with van der Waals surface area (Å²) >= 11 is 0. The Labute approximate surface area is 361 Å². The van der Waals surface area contributed by atoms with E-state index in [9.17, 15) is 33.9 Å². The van der Waals surface area contributed by atoms with Crippen LogP contribution in [-0.2, 0) is 35.1 Å². The number of nitrogens with two attached hydrogens (primary N) is 1. The number of amides is 2. The third kappa shape index (κ3) is 15.7. The Kier molecular flexibility index (Phi) is 19.4. The largest absolute Gasteiger partial charge is 0.480 e. The zero-order chi connectivity index (χ0) is 44.5. The van der Waals surface area contributed by atoms with Gasteiger partial charge in [-0.3, -0.25) is 33.5 Å². The molecule has 1 saturated carbocycles. The minimum atomic E-state index is -0.962. The number of amidine groups is 1. The zero-order valence-corrected chi connectivity index (χ0v) is 37.1. The van der Waals surface area contributed by atoms with Crippen LogP contribution in [0, 0.1) is 11.8 Å². The number of rotatable bonds is 24. The molecule has 2 fully saturated rings. The molecule has 15 heteroatoms. The molecule has 1 saturated heterocycles. The highest BCUT2D eigenvalue weighted by Crippen LogP contribution is 2.30. The summed E-state index contributed by atoms with van der Waals surface area (Å²) in [6.07, 6.45) is 10.9. The Balaban J connectivity index is 1.66. The first-order valence-electron chi connectivity index (χ1n) is 22.5. The van der Waals surface area contributed by atoms with E-state index in [1.807, 2.05) is 25.1 Å². The van der Waals surface area contributed by atoms with E-state index >= 15 is 0 Å². The van der Waals surface area contributed by atoms with Crippen LogP contribution in [0.15, 0.2) is 35.5 Å². The fourth-order valence-corrected chi connectivity index (χ4v) is 8.44. The predicted molar refractivity (Wildman–Crippen MR) is 236 cm³/mol. The van der Waals surface area contributed by atoms with Crippen molar-refractivity contribution in [3.8, 4) is 0 Å². The molecule has 0 bridgehead atoms. The van der Waals surface area contributed by atoms with Gasteiger partial charge in [-0.2, -0.15) is 0 Å². The van der Waals surface area contributed by atoms with Crippen molar-refractivity contribution >= 4 is 52.2 Å². The molecule has 7 N–H and O–H groups in total. The Morgan fingerprint density at radius 3 is 2.31 bits per heavy atom. The molecule has 1 aromatic carbocycles. The van der Waals surface area contributed by atoms with Gasteiger partial charge in [-0.05, 0) is 103 Å². The minimum absolute atomic E-state index is 0.0704. The summed E-state index contributed by atoms with van der Waals surface area (Å²) in [5.74, 6) is -2.31. The number of hydrogen-bond acceptors (Lipinski definition) is 10. The number of Topliss-reactive ketones (excluding diaryl/α,β-unsaturated/α-hetero) is 2. The summed E-state index contributed by atoms with van der Waals surface area (Å²) in [6, 6.07) is 4.53. The Hall–Kier alpha value is -4.63. The fraction of sp³-hybridized carbons (Fsp3) is 0.674. The molecule has 5 atom stereocenters. The average Bonchev–Trinajstić information content (AvgIpc) is 3.90. The molecule has 1 unspecified atom stereocenters. The first-order chi connectivity index (χ1) is 29.1. The number of nitrogens with one attached hydrogen (secondary N) is 4. The number of aliphatic imine (C=N–C) groups is 1. The first-order valence-corrected chi connectivity index (χ1v) is 22.5. The summed E-state index contributed by atoms with van der Waals surface area (Å²) in [5.41, 5.74) is 6.42. The number of hydrogen-bond donors (Lipinski definition) is 6. The second kappa shape index (κ2) is 24.1. The summed E-state index contributed by atoms with van der Waals surface area (Å²) in [7, 11) is 1.58. The third-order valence-corrected chi connectivity index (χ3v) is 11.9. The number of ketones is 2. The fourth-order valence-electron chi connectivity index (χ4n) is 8.44. The lowest BCUT2D eigenvalue weighted by atomic mass is 9.82. The average molecular weight is 850 g/mol. The monoisotopic (exact) mass is 850 g/mol. The van der Waals surface area contributed by atoms with Gasteiger partial charge < -0.3 is 36.8 Å². The lowest BCUT2D eigenvalue weighted by Gasteiger charge is -2.28. The maximum Gasteiger partial charge on any atom is 0.419 e. The molecule has 338 valence electrons. The van der Waals surface area contributed by atoms with Crippen LogP contribution < -0.4 is 27.0 Å². The predicted octanol–water partition coefficient (Wildman–Crippen LogP) is 5.58. The number of carbonyl (C=O) groups is 6. The van der Waals surface area contributed by atoms with E-state index in [0.29, 0.717) is 68.4 Å². The van der Waals surface area contributed by atoms with Crippen molar-refractivity contribution in [3.05, 3.63) is 36.0 Å². The van der Waals surface area contributed by atoms with Crippen molar-refractivity contribution in [2.75, 3.05) is 20.1 Å². The topological polar surface area (TPSA) is 223 Å². The number of aromatic nitrogens is 1. The molecule has 0 radical (unpaired) electrons. The van der Waals surface area contributed by atoms with Gasteiger partial charge in [0.05, 0.1) is 29.5 Å². The normalized spacial score (nSPS) is 18.2. The van der Waals surface area contributed by atoms with Crippen molar-refractivity contribution < 1.29 is 38.6 Å². The number of carboxylic acids is 1. The molecule has 2 aromatic rings. The quantitative estimate of drug-likeness (QED) is 0.0434. The van der Waals surface area contributed by atoms with Gasteiger partial charge in [0, 0.05) is 43.3 Å². The number of nitrogens with zero attached hydrogens (tertiary/aromatic N) is 2. The van der Waals surface area contributed by atoms with Crippen LogP contribution in [-0.4, -0.2) is 101 Å². The molecular weight excluding hydrogens is 779 g/mol. The molecule has 4 rings (SSSR count). The Morgan fingerprint density at radius 1 is 0.934 bits per heavy atom. The van der Waals surface area contributed by atoms with Gasteiger partial charge >= 0.3 is 12.1 Å².